The highest BCUT2D eigenvalue weighted by Crippen LogP contribution is 2.26. The van der Waals surface area contributed by atoms with Crippen LogP contribution in [-0.2, 0) is 15.8 Å². The van der Waals surface area contributed by atoms with Gasteiger partial charge in [-0.3, -0.25) is 4.72 Å². The molecule has 0 amide bonds. The van der Waals surface area contributed by atoms with Crippen LogP contribution in [0.25, 0.3) is 0 Å². The Labute approximate surface area is 136 Å². The summed E-state index contributed by atoms with van der Waals surface area (Å²) in [6, 6.07) is 5.69. The van der Waals surface area contributed by atoms with Gasteiger partial charge in [0, 0.05) is 12.3 Å². The van der Waals surface area contributed by atoms with Crippen molar-refractivity contribution in [1.29, 1.82) is 0 Å². The number of aromatic hydroxyl groups is 1. The van der Waals surface area contributed by atoms with Crippen LogP contribution >= 0.6 is 34.8 Å². The number of aromatic nitrogens is 1. The zero-order chi connectivity index (χ0) is 15.6. The summed E-state index contributed by atoms with van der Waals surface area (Å²) in [6.45, 7) is 0. The third-order valence-corrected chi connectivity index (χ3v) is 4.59. The second-order valence-electron chi connectivity index (χ2n) is 4.13. The van der Waals surface area contributed by atoms with Crippen LogP contribution in [0.4, 0.5) is 5.82 Å². The predicted molar refractivity (Wildman–Crippen MR) is 83.6 cm³/mol. The molecule has 0 aliphatic carbocycles. The topological polar surface area (TPSA) is 79.3 Å². The maximum atomic E-state index is 12.0. The number of nitrogens with zero attached hydrogens (tertiary/aromatic N) is 1. The van der Waals surface area contributed by atoms with Crippen LogP contribution in [0.1, 0.15) is 5.56 Å². The normalized spacial score (nSPS) is 11.4. The van der Waals surface area contributed by atoms with Crippen molar-refractivity contribution in [3.8, 4) is 5.75 Å². The number of halogens is 3. The highest BCUT2D eigenvalue weighted by Gasteiger charge is 2.16. The minimum Gasteiger partial charge on any atom is -0.504 e. The van der Waals surface area contributed by atoms with Gasteiger partial charge in [-0.1, -0.05) is 40.9 Å². The number of pyridine rings is 1. The van der Waals surface area contributed by atoms with E-state index < -0.39 is 10.0 Å². The predicted octanol–water partition coefficient (Wildman–Crippen LogP) is 3.69. The van der Waals surface area contributed by atoms with Gasteiger partial charge >= 0.3 is 0 Å². The van der Waals surface area contributed by atoms with Gasteiger partial charge in [-0.25, -0.2) is 13.4 Å². The molecule has 1 heterocycles. The lowest BCUT2D eigenvalue weighted by Crippen LogP contribution is -2.16. The van der Waals surface area contributed by atoms with Crippen LogP contribution in [0, 0.1) is 0 Å². The Morgan fingerprint density at radius 1 is 1.14 bits per heavy atom. The van der Waals surface area contributed by atoms with Crippen molar-refractivity contribution >= 4 is 50.6 Å². The van der Waals surface area contributed by atoms with Crippen molar-refractivity contribution in [2.24, 2.45) is 0 Å². The van der Waals surface area contributed by atoms with Crippen molar-refractivity contribution in [2.45, 2.75) is 5.75 Å². The first-order valence-electron chi connectivity index (χ1n) is 5.56. The number of sulfonamides is 1. The lowest BCUT2D eigenvalue weighted by Gasteiger charge is -2.09. The Balaban J connectivity index is 2.20. The maximum Gasteiger partial charge on any atom is 0.238 e. The summed E-state index contributed by atoms with van der Waals surface area (Å²) in [5.74, 6) is -0.896. The van der Waals surface area contributed by atoms with Crippen LogP contribution in [0.5, 0.6) is 5.75 Å². The summed E-state index contributed by atoms with van der Waals surface area (Å²) in [6.07, 6.45) is 1.22. The third-order valence-electron chi connectivity index (χ3n) is 2.43. The number of hydrogen-bond acceptors (Lipinski definition) is 4. The SMILES string of the molecule is O=S(=O)(Cc1ccc(Cl)c(Cl)c1)Nc1ncc(Cl)cc1O. The highest BCUT2D eigenvalue weighted by atomic mass is 35.5. The molecule has 0 aliphatic heterocycles. The van der Waals surface area contributed by atoms with E-state index in [1.165, 1.54) is 24.4 Å². The molecule has 0 saturated carbocycles. The van der Waals surface area contributed by atoms with E-state index in [1.54, 1.807) is 6.07 Å². The molecule has 0 unspecified atom stereocenters. The molecule has 1 aromatic carbocycles. The van der Waals surface area contributed by atoms with Gasteiger partial charge in [0.1, 0.15) is 0 Å². The zero-order valence-corrected chi connectivity index (χ0v) is 13.4. The molecule has 112 valence electrons. The minimum absolute atomic E-state index is 0.194. The van der Waals surface area contributed by atoms with Crippen molar-refractivity contribution in [2.75, 3.05) is 4.72 Å². The molecule has 0 bridgehead atoms. The Morgan fingerprint density at radius 2 is 1.86 bits per heavy atom. The van der Waals surface area contributed by atoms with E-state index in [2.05, 4.69) is 9.71 Å². The average Bonchev–Trinajstić information content (AvgIpc) is 2.37. The molecule has 1 aromatic heterocycles. The minimum atomic E-state index is -3.77. The van der Waals surface area contributed by atoms with E-state index in [-0.39, 0.29) is 27.4 Å². The fourth-order valence-corrected chi connectivity index (χ4v) is 3.15. The van der Waals surface area contributed by atoms with Crippen LogP contribution in [0.2, 0.25) is 15.1 Å². The first kappa shape index (κ1) is 16.2. The Kier molecular flexibility index (Phi) is 4.83. The van der Waals surface area contributed by atoms with Crippen LogP contribution in [-0.4, -0.2) is 18.5 Å². The second kappa shape index (κ2) is 6.27. The quantitative estimate of drug-likeness (QED) is 0.864. The first-order valence-corrected chi connectivity index (χ1v) is 8.34. The molecule has 0 radical (unpaired) electrons. The number of rotatable bonds is 4. The number of hydrogen-bond donors (Lipinski definition) is 2. The van der Waals surface area contributed by atoms with E-state index in [0.29, 0.717) is 10.6 Å². The van der Waals surface area contributed by atoms with Crippen LogP contribution < -0.4 is 4.72 Å². The lowest BCUT2D eigenvalue weighted by molar-refractivity contribution is 0.475. The molecule has 21 heavy (non-hydrogen) atoms. The number of nitrogens with one attached hydrogen (secondary N) is 1. The van der Waals surface area contributed by atoms with E-state index in [9.17, 15) is 13.5 Å². The van der Waals surface area contributed by atoms with Crippen molar-refractivity contribution in [1.82, 2.24) is 4.98 Å². The molecule has 2 rings (SSSR count). The summed E-state index contributed by atoms with van der Waals surface area (Å²) < 4.78 is 26.2. The van der Waals surface area contributed by atoms with Crippen molar-refractivity contribution < 1.29 is 13.5 Å². The van der Waals surface area contributed by atoms with Gasteiger partial charge in [0.15, 0.2) is 11.6 Å². The maximum absolute atomic E-state index is 12.0. The Bertz CT molecular complexity index is 781. The molecule has 2 N–H and O–H groups in total. The molecule has 9 heteroatoms. The van der Waals surface area contributed by atoms with E-state index in [0.717, 1.165) is 0 Å². The molecule has 5 nitrogen and oxygen atoms in total. The van der Waals surface area contributed by atoms with E-state index in [4.69, 9.17) is 34.8 Å². The summed E-state index contributed by atoms with van der Waals surface area (Å²) in [5, 5.41) is 10.4. The van der Waals surface area contributed by atoms with Gasteiger partial charge in [0.25, 0.3) is 0 Å². The summed E-state index contributed by atoms with van der Waals surface area (Å²) >= 11 is 17.2. The Morgan fingerprint density at radius 3 is 2.48 bits per heavy atom. The molecule has 0 saturated heterocycles. The molecule has 0 atom stereocenters. The zero-order valence-electron chi connectivity index (χ0n) is 10.3. The van der Waals surface area contributed by atoms with Gasteiger partial charge in [-0.05, 0) is 17.7 Å². The van der Waals surface area contributed by atoms with Gasteiger partial charge in [-0.2, -0.15) is 0 Å². The fraction of sp³-hybridized carbons (Fsp3) is 0.0833. The van der Waals surface area contributed by atoms with Gasteiger partial charge in [-0.15, -0.1) is 0 Å². The van der Waals surface area contributed by atoms with Crippen LogP contribution in [0.3, 0.4) is 0 Å². The molecule has 0 fully saturated rings. The smallest absolute Gasteiger partial charge is 0.238 e. The summed E-state index contributed by atoms with van der Waals surface area (Å²) in [7, 11) is -3.77. The molecular weight excluding hydrogens is 359 g/mol. The van der Waals surface area contributed by atoms with Gasteiger partial charge in [0.05, 0.1) is 20.8 Å². The van der Waals surface area contributed by atoms with Crippen molar-refractivity contribution in [3.63, 3.8) is 0 Å². The summed E-state index contributed by atoms with van der Waals surface area (Å²) in [4.78, 5) is 3.72. The average molecular weight is 368 g/mol. The standard InChI is InChI=1S/C12H9Cl3N2O3S/c13-8-4-11(18)12(16-5-8)17-21(19,20)6-7-1-2-9(14)10(15)3-7/h1-5,18H,6H2,(H,16,17). The van der Waals surface area contributed by atoms with E-state index in [1.807, 2.05) is 0 Å². The highest BCUT2D eigenvalue weighted by molar-refractivity contribution is 7.91. The largest absolute Gasteiger partial charge is 0.504 e. The molecule has 2 aromatic rings. The summed E-state index contributed by atoms with van der Waals surface area (Å²) in [5.41, 5.74) is 0.449. The lowest BCUT2D eigenvalue weighted by atomic mass is 10.2. The second-order valence-corrected chi connectivity index (χ2v) is 7.10. The van der Waals surface area contributed by atoms with Gasteiger partial charge < -0.3 is 5.11 Å². The molecular formula is C12H9Cl3N2O3S. The van der Waals surface area contributed by atoms with Crippen molar-refractivity contribution in [3.05, 3.63) is 51.1 Å². The van der Waals surface area contributed by atoms with E-state index >= 15 is 0 Å². The molecule has 0 spiro atoms. The third kappa shape index (κ3) is 4.38. The molecule has 0 aliphatic rings. The Hall–Kier alpha value is -1.21. The van der Waals surface area contributed by atoms with Crippen LogP contribution in [0.15, 0.2) is 30.5 Å². The number of anilines is 1. The first-order chi connectivity index (χ1) is 9.77. The monoisotopic (exact) mass is 366 g/mol. The number of benzene rings is 1. The fourth-order valence-electron chi connectivity index (χ4n) is 1.54. The van der Waals surface area contributed by atoms with Gasteiger partial charge in [0.2, 0.25) is 10.0 Å².